The van der Waals surface area contributed by atoms with E-state index in [-0.39, 0.29) is 10.8 Å². The molecule has 0 fully saturated rings. The minimum Gasteiger partial charge on any atom is -0.294 e. The van der Waals surface area contributed by atoms with Crippen LogP contribution in [-0.4, -0.2) is 23.1 Å². The van der Waals surface area contributed by atoms with Crippen molar-refractivity contribution in [3.63, 3.8) is 0 Å². The molecule has 0 aliphatic heterocycles. The molecule has 0 bridgehead atoms. The number of hydrogen-bond donors (Lipinski definition) is 0. The number of carbonyl (C=O) groups is 1. The average Bonchev–Trinajstić information content (AvgIpc) is 0.927. The Morgan fingerprint density at radius 1 is 0.307 bits per heavy atom. The quantitative estimate of drug-likeness (QED) is 0.0286. The van der Waals surface area contributed by atoms with Crippen LogP contribution in [0.5, 0.6) is 0 Å². The van der Waals surface area contributed by atoms with Gasteiger partial charge in [0.05, 0.1) is 18.7 Å². The maximum atomic E-state index is 14.4. The lowest BCUT2D eigenvalue weighted by Crippen LogP contribution is -2.66. The molecule has 0 saturated heterocycles. The van der Waals surface area contributed by atoms with Crippen LogP contribution in [-0.2, 0) is 10.9 Å². The van der Waals surface area contributed by atoms with Crippen LogP contribution in [0.2, 0.25) is 12.6 Å². The highest BCUT2D eigenvalue weighted by Gasteiger charge is 2.62. The van der Waals surface area contributed by atoms with Crippen molar-refractivity contribution in [2.45, 2.75) is 73.4 Å². The van der Waals surface area contributed by atoms with E-state index in [1.807, 2.05) is 30.3 Å². The molecule has 0 N–H and O–H groups in total. The van der Waals surface area contributed by atoms with Crippen LogP contribution in [0.3, 0.4) is 0 Å². The Labute approximate surface area is 529 Å². The van der Waals surface area contributed by atoms with Crippen molar-refractivity contribution in [1.29, 1.82) is 0 Å². The standard InChI is InChI=1S/C39H33OPS.2C22H24B/c40-38(32-19-7-1-8-20-32)31-39(42(36-27-15-5-16-28-36)37-29-17-6-18-30-37)41(33-21-9-2-10-22-33,34-23-11-3-12-24-34)35-25-13-4-14-26-35;2*1-2-3-19-23(20-13-7-4-8-14-20,21-15-9-5-10-16-21)22-17-11-6-12-18-22/h1-30,39H,31H2;2*4-18H,2-3,19H2,1H3/q+2;2*-1. The molecular formula is C83H81B2OPS. The SMILES string of the molecule is CCCC[B-](c1ccccc1)(c1ccccc1)c1ccccc1.CCCC[B-](c1ccccc1)(c1ccccc1)c1ccccc1.O=C(CC([S+](c1ccccc1)c1ccccc1)[P+](c1ccccc1)(c1ccccc1)c1ccccc1)c1ccccc1. The second-order valence-electron chi connectivity index (χ2n) is 23.0. The third-order valence-electron chi connectivity index (χ3n) is 17.8. The Bertz CT molecular complexity index is 3430. The predicted octanol–water partition coefficient (Wildman–Crippen LogP) is 16.2. The second kappa shape index (κ2) is 31.7. The third kappa shape index (κ3) is 14.3. The van der Waals surface area contributed by atoms with Crippen molar-refractivity contribution < 1.29 is 4.79 Å². The molecule has 0 radical (unpaired) electrons. The molecule has 1 atom stereocenters. The lowest BCUT2D eigenvalue weighted by molar-refractivity contribution is 0.0987. The zero-order valence-electron chi connectivity index (χ0n) is 51.1. The number of unbranched alkanes of at least 4 members (excludes halogenated alkanes) is 2. The molecule has 436 valence electrons. The molecule has 1 nitrogen and oxygen atoms in total. The monoisotopic (exact) mass is 1180 g/mol. The van der Waals surface area contributed by atoms with Crippen LogP contribution in [0.15, 0.2) is 374 Å². The first-order valence-electron chi connectivity index (χ1n) is 31.7. The van der Waals surface area contributed by atoms with E-state index < -0.39 is 30.4 Å². The van der Waals surface area contributed by atoms with Gasteiger partial charge in [0.2, 0.25) is 4.99 Å². The number of hydrogen-bond acceptors (Lipinski definition) is 1. The molecule has 0 saturated carbocycles. The fourth-order valence-corrected chi connectivity index (χ4v) is 23.1. The number of ketones is 1. The fraction of sp³-hybridized carbons (Fsp3) is 0.120. The summed E-state index contributed by atoms with van der Waals surface area (Å²) < 4.78 is 0. The number of Topliss-reactive ketones (excluding diaryl/α,β-unsaturated/α-hetero) is 1. The molecule has 5 heteroatoms. The van der Waals surface area contributed by atoms with Gasteiger partial charge in [-0.3, -0.25) is 4.79 Å². The second-order valence-corrected chi connectivity index (χ2v) is 29.1. The van der Waals surface area contributed by atoms with Crippen LogP contribution < -0.4 is 48.7 Å². The normalized spacial score (nSPS) is 11.7. The van der Waals surface area contributed by atoms with Gasteiger partial charge in [0.15, 0.2) is 22.8 Å². The molecule has 0 spiro atoms. The molecule has 1 unspecified atom stereocenters. The first-order valence-corrected chi connectivity index (χ1v) is 34.8. The van der Waals surface area contributed by atoms with Crippen LogP contribution in [0.25, 0.3) is 0 Å². The van der Waals surface area contributed by atoms with Gasteiger partial charge in [0, 0.05) is 5.56 Å². The summed E-state index contributed by atoms with van der Waals surface area (Å²) in [7, 11) is -2.86. The highest BCUT2D eigenvalue weighted by molar-refractivity contribution is 8.12. The highest BCUT2D eigenvalue weighted by Crippen LogP contribution is 2.64. The molecule has 0 aliphatic rings. The van der Waals surface area contributed by atoms with Crippen molar-refractivity contribution in [2.24, 2.45) is 0 Å². The third-order valence-corrected chi connectivity index (χ3v) is 26.1. The van der Waals surface area contributed by atoms with E-state index in [9.17, 15) is 4.79 Å². The van der Waals surface area contributed by atoms with E-state index in [1.165, 1.54) is 96.8 Å². The Kier molecular flexibility index (Phi) is 22.5. The average molecular weight is 1180 g/mol. The molecule has 12 aromatic rings. The molecule has 0 amide bonds. The first-order chi connectivity index (χ1) is 43.5. The summed E-state index contributed by atoms with van der Waals surface area (Å²) in [4.78, 5) is 16.9. The lowest BCUT2D eigenvalue weighted by Gasteiger charge is -2.43. The van der Waals surface area contributed by atoms with Crippen LogP contribution in [0.4, 0.5) is 0 Å². The zero-order chi connectivity index (χ0) is 60.5. The van der Waals surface area contributed by atoms with Crippen LogP contribution >= 0.6 is 7.26 Å². The van der Waals surface area contributed by atoms with Crippen molar-refractivity contribution >= 4 is 84.9 Å². The Morgan fingerprint density at radius 2 is 0.523 bits per heavy atom. The summed E-state index contributed by atoms with van der Waals surface area (Å²) in [5, 5.41) is 3.87. The van der Waals surface area contributed by atoms with E-state index in [4.69, 9.17) is 0 Å². The van der Waals surface area contributed by atoms with Gasteiger partial charge in [-0.2, -0.15) is 45.4 Å². The highest BCUT2D eigenvalue weighted by atomic mass is 32.2. The van der Waals surface area contributed by atoms with Gasteiger partial charge in [-0.15, -0.1) is 0 Å². The lowest BCUT2D eigenvalue weighted by atomic mass is 9.14. The number of carbonyl (C=O) groups excluding carboxylic acids is 1. The Morgan fingerprint density at radius 3 is 0.761 bits per heavy atom. The van der Waals surface area contributed by atoms with E-state index >= 15 is 0 Å². The van der Waals surface area contributed by atoms with Gasteiger partial charge in [-0.05, 0) is 60.7 Å². The summed E-state index contributed by atoms with van der Waals surface area (Å²) in [6, 6.07) is 131. The zero-order valence-corrected chi connectivity index (χ0v) is 52.8. The first kappa shape index (κ1) is 62.3. The molecule has 0 aliphatic carbocycles. The fourth-order valence-electron chi connectivity index (χ4n) is 13.7. The van der Waals surface area contributed by atoms with Gasteiger partial charge in [-0.25, -0.2) is 0 Å². The van der Waals surface area contributed by atoms with Crippen molar-refractivity contribution in [1.82, 2.24) is 0 Å². The van der Waals surface area contributed by atoms with Gasteiger partial charge in [0.1, 0.15) is 26.8 Å². The van der Waals surface area contributed by atoms with E-state index in [0.29, 0.717) is 6.42 Å². The number of rotatable bonds is 22. The Hall–Kier alpha value is -8.78. The van der Waals surface area contributed by atoms with E-state index in [2.05, 4.69) is 347 Å². The smallest absolute Gasteiger partial charge is 0.249 e. The molecule has 0 heterocycles. The minimum absolute atomic E-state index is 0.0257. The molecule has 0 aromatic heterocycles. The summed E-state index contributed by atoms with van der Waals surface area (Å²) in [5.74, 6) is 0.178. The summed E-state index contributed by atoms with van der Waals surface area (Å²) in [6.45, 7) is 4.56. The van der Waals surface area contributed by atoms with Crippen LogP contribution in [0, 0.1) is 0 Å². The van der Waals surface area contributed by atoms with Gasteiger partial charge in [0.25, 0.3) is 0 Å². The maximum Gasteiger partial charge on any atom is 0.249 e. The van der Waals surface area contributed by atoms with Crippen molar-refractivity contribution in [2.75, 3.05) is 0 Å². The van der Waals surface area contributed by atoms with E-state index in [0.717, 1.165) is 5.56 Å². The summed E-state index contributed by atoms with van der Waals surface area (Å²) >= 11 is 0. The summed E-state index contributed by atoms with van der Waals surface area (Å²) in [6.07, 6.45) is 5.88. The van der Waals surface area contributed by atoms with Crippen molar-refractivity contribution in [3.8, 4) is 0 Å². The molecule has 88 heavy (non-hydrogen) atoms. The summed E-state index contributed by atoms with van der Waals surface area (Å²) in [5.41, 5.74) is 9.42. The topological polar surface area (TPSA) is 17.1 Å². The van der Waals surface area contributed by atoms with Gasteiger partial charge >= 0.3 is 0 Å². The van der Waals surface area contributed by atoms with Crippen molar-refractivity contribution in [3.05, 3.63) is 370 Å². The van der Waals surface area contributed by atoms with Gasteiger partial charge in [-0.1, -0.05) is 343 Å². The van der Waals surface area contributed by atoms with Gasteiger partial charge < -0.3 is 0 Å². The van der Waals surface area contributed by atoms with Crippen LogP contribution in [0.1, 0.15) is 56.3 Å². The number of benzene rings is 12. The molecule has 12 aromatic carbocycles. The van der Waals surface area contributed by atoms with E-state index in [1.54, 1.807) is 0 Å². The predicted molar refractivity (Wildman–Crippen MR) is 389 cm³/mol. The minimum atomic E-state index is -2.43. The largest absolute Gasteiger partial charge is 0.294 e. The molecular weight excluding hydrogens is 1100 g/mol. The maximum absolute atomic E-state index is 14.4. The molecule has 12 rings (SSSR count). The Balaban J connectivity index is 0.000000158.